The number of carboxylic acid groups (broad SMARTS) is 1. The topological polar surface area (TPSA) is 66.4 Å². The average Bonchev–Trinajstić information content (AvgIpc) is 2.48. The lowest BCUT2D eigenvalue weighted by Gasteiger charge is -2.09. The van der Waals surface area contributed by atoms with Gasteiger partial charge in [0.15, 0.2) is 0 Å². The molecule has 2 rings (SSSR count). The Hall–Kier alpha value is -2.62. The van der Waals surface area contributed by atoms with Crippen LogP contribution in [-0.4, -0.2) is 23.5 Å². The number of carbonyl (C=O) groups excluding carboxylic acids is 1. The molecule has 0 aliphatic heterocycles. The first-order valence-corrected chi connectivity index (χ1v) is 6.75. The molecule has 0 saturated carbocycles. The van der Waals surface area contributed by atoms with Crippen LogP contribution in [0.25, 0.3) is 11.1 Å². The Morgan fingerprint density at radius 1 is 1.05 bits per heavy atom. The summed E-state index contributed by atoms with van der Waals surface area (Å²) in [6.45, 7) is 4.41. The van der Waals surface area contributed by atoms with E-state index >= 15 is 0 Å². The van der Waals surface area contributed by atoms with Crippen LogP contribution in [0.15, 0.2) is 42.5 Å². The van der Waals surface area contributed by atoms with E-state index in [4.69, 9.17) is 5.11 Å². The molecule has 0 saturated heterocycles. The smallest absolute Gasteiger partial charge is 0.335 e. The number of rotatable bonds is 4. The molecule has 0 aromatic heterocycles. The number of benzene rings is 2. The summed E-state index contributed by atoms with van der Waals surface area (Å²) in [4.78, 5) is 22.8. The number of nitrogens with one attached hydrogen (secondary N) is 1. The van der Waals surface area contributed by atoms with E-state index < -0.39 is 5.97 Å². The van der Waals surface area contributed by atoms with Crippen LogP contribution in [0.2, 0.25) is 0 Å². The SMILES string of the molecule is CCNC(=O)c1ccc(C)c(-c2ccc(C(=O)O)cc2)c1. The van der Waals surface area contributed by atoms with Crippen LogP contribution in [0.5, 0.6) is 0 Å². The van der Waals surface area contributed by atoms with Crippen molar-refractivity contribution < 1.29 is 14.7 Å². The van der Waals surface area contributed by atoms with Crippen LogP contribution < -0.4 is 5.32 Å². The van der Waals surface area contributed by atoms with Crippen molar-refractivity contribution in [2.24, 2.45) is 0 Å². The van der Waals surface area contributed by atoms with E-state index in [1.54, 1.807) is 30.3 Å². The van der Waals surface area contributed by atoms with Gasteiger partial charge in [0.05, 0.1) is 5.56 Å². The average molecular weight is 283 g/mol. The van der Waals surface area contributed by atoms with E-state index in [0.29, 0.717) is 12.1 Å². The molecule has 0 unspecified atom stereocenters. The molecule has 2 aromatic carbocycles. The van der Waals surface area contributed by atoms with Crippen molar-refractivity contribution in [2.45, 2.75) is 13.8 Å². The van der Waals surface area contributed by atoms with Gasteiger partial charge in [-0.2, -0.15) is 0 Å². The van der Waals surface area contributed by atoms with E-state index in [9.17, 15) is 9.59 Å². The van der Waals surface area contributed by atoms with Gasteiger partial charge in [0.1, 0.15) is 0 Å². The van der Waals surface area contributed by atoms with Crippen LogP contribution in [0, 0.1) is 6.92 Å². The third kappa shape index (κ3) is 3.28. The Balaban J connectivity index is 2.40. The first-order valence-electron chi connectivity index (χ1n) is 6.75. The molecule has 4 heteroatoms. The number of aryl methyl sites for hydroxylation is 1. The van der Waals surface area contributed by atoms with Crippen LogP contribution in [0.4, 0.5) is 0 Å². The second-order valence-corrected chi connectivity index (χ2v) is 4.77. The summed E-state index contributed by atoms with van der Waals surface area (Å²) >= 11 is 0. The van der Waals surface area contributed by atoms with Crippen molar-refractivity contribution in [2.75, 3.05) is 6.54 Å². The number of carbonyl (C=O) groups is 2. The lowest BCUT2D eigenvalue weighted by Crippen LogP contribution is -2.22. The van der Waals surface area contributed by atoms with E-state index in [2.05, 4.69) is 5.32 Å². The molecule has 0 radical (unpaired) electrons. The van der Waals surface area contributed by atoms with Gasteiger partial charge in [0, 0.05) is 12.1 Å². The number of hydrogen-bond acceptors (Lipinski definition) is 2. The predicted molar refractivity (Wildman–Crippen MR) is 81.6 cm³/mol. The fraction of sp³-hybridized carbons (Fsp3) is 0.176. The lowest BCUT2D eigenvalue weighted by molar-refractivity contribution is 0.0696. The van der Waals surface area contributed by atoms with Crippen molar-refractivity contribution in [3.63, 3.8) is 0 Å². The van der Waals surface area contributed by atoms with Crippen molar-refractivity contribution in [3.05, 3.63) is 59.2 Å². The number of aromatic carboxylic acids is 1. The lowest BCUT2D eigenvalue weighted by atomic mass is 9.97. The first-order chi connectivity index (χ1) is 10.0. The summed E-state index contributed by atoms with van der Waals surface area (Å²) in [5, 5.41) is 11.7. The van der Waals surface area contributed by atoms with Gasteiger partial charge in [0.25, 0.3) is 5.91 Å². The Labute approximate surface area is 123 Å². The quantitative estimate of drug-likeness (QED) is 0.906. The summed E-state index contributed by atoms with van der Waals surface area (Å²) in [7, 11) is 0. The van der Waals surface area contributed by atoms with Crippen molar-refractivity contribution >= 4 is 11.9 Å². The monoisotopic (exact) mass is 283 g/mol. The van der Waals surface area contributed by atoms with E-state index in [-0.39, 0.29) is 11.5 Å². The summed E-state index contributed by atoms with van der Waals surface area (Å²) < 4.78 is 0. The fourth-order valence-corrected chi connectivity index (χ4v) is 2.13. The van der Waals surface area contributed by atoms with Crippen LogP contribution >= 0.6 is 0 Å². The standard InChI is InChI=1S/C17H17NO3/c1-3-18-16(19)14-5-4-11(2)15(10-14)12-6-8-13(9-7-12)17(20)21/h4-10H,3H2,1-2H3,(H,18,19)(H,20,21). The molecule has 4 nitrogen and oxygen atoms in total. The maximum atomic E-state index is 11.9. The Morgan fingerprint density at radius 3 is 2.24 bits per heavy atom. The number of amides is 1. The fourth-order valence-electron chi connectivity index (χ4n) is 2.13. The van der Waals surface area contributed by atoms with Gasteiger partial charge >= 0.3 is 5.97 Å². The molecule has 2 aromatic rings. The van der Waals surface area contributed by atoms with E-state index in [1.807, 2.05) is 26.0 Å². The molecule has 0 bridgehead atoms. The third-order valence-corrected chi connectivity index (χ3v) is 3.28. The largest absolute Gasteiger partial charge is 0.478 e. The molecule has 0 atom stereocenters. The van der Waals surface area contributed by atoms with Crippen LogP contribution in [-0.2, 0) is 0 Å². The Kier molecular flexibility index (Phi) is 4.38. The maximum absolute atomic E-state index is 11.9. The van der Waals surface area contributed by atoms with Crippen molar-refractivity contribution in [1.29, 1.82) is 0 Å². The predicted octanol–water partition coefficient (Wildman–Crippen LogP) is 3.11. The molecule has 2 N–H and O–H groups in total. The highest BCUT2D eigenvalue weighted by Gasteiger charge is 2.09. The normalized spacial score (nSPS) is 10.2. The number of hydrogen-bond donors (Lipinski definition) is 2. The van der Waals surface area contributed by atoms with Crippen LogP contribution in [0.1, 0.15) is 33.2 Å². The van der Waals surface area contributed by atoms with Crippen LogP contribution in [0.3, 0.4) is 0 Å². The zero-order valence-corrected chi connectivity index (χ0v) is 12.0. The molecule has 0 spiro atoms. The number of carboxylic acids is 1. The highest BCUT2D eigenvalue weighted by atomic mass is 16.4. The summed E-state index contributed by atoms with van der Waals surface area (Å²) in [5.74, 6) is -1.06. The molecular formula is C17H17NO3. The maximum Gasteiger partial charge on any atom is 0.335 e. The minimum atomic E-state index is -0.950. The van der Waals surface area contributed by atoms with Gasteiger partial charge in [-0.05, 0) is 54.8 Å². The van der Waals surface area contributed by atoms with Gasteiger partial charge in [-0.3, -0.25) is 4.79 Å². The summed E-state index contributed by atoms with van der Waals surface area (Å²) in [6, 6.07) is 12.2. The summed E-state index contributed by atoms with van der Waals surface area (Å²) in [5.41, 5.74) is 3.70. The molecule has 0 aliphatic carbocycles. The minimum Gasteiger partial charge on any atom is -0.478 e. The highest BCUT2D eigenvalue weighted by Crippen LogP contribution is 2.25. The second kappa shape index (κ2) is 6.22. The molecule has 108 valence electrons. The van der Waals surface area contributed by atoms with Gasteiger partial charge < -0.3 is 10.4 Å². The zero-order valence-electron chi connectivity index (χ0n) is 12.0. The Morgan fingerprint density at radius 2 is 1.67 bits per heavy atom. The Bertz CT molecular complexity index is 675. The zero-order chi connectivity index (χ0) is 15.4. The van der Waals surface area contributed by atoms with Gasteiger partial charge in [-0.15, -0.1) is 0 Å². The molecule has 21 heavy (non-hydrogen) atoms. The first kappa shape index (κ1) is 14.8. The third-order valence-electron chi connectivity index (χ3n) is 3.28. The van der Waals surface area contributed by atoms with Crippen molar-refractivity contribution in [3.8, 4) is 11.1 Å². The molecule has 0 fully saturated rings. The van der Waals surface area contributed by atoms with E-state index in [1.165, 1.54) is 0 Å². The van der Waals surface area contributed by atoms with Gasteiger partial charge in [-0.25, -0.2) is 4.79 Å². The molecule has 1 amide bonds. The minimum absolute atomic E-state index is 0.110. The molecule has 0 aliphatic rings. The molecular weight excluding hydrogens is 266 g/mol. The molecule has 0 heterocycles. The summed E-state index contributed by atoms with van der Waals surface area (Å²) in [6.07, 6.45) is 0. The highest BCUT2D eigenvalue weighted by molar-refractivity contribution is 5.96. The van der Waals surface area contributed by atoms with Crippen molar-refractivity contribution in [1.82, 2.24) is 5.32 Å². The van der Waals surface area contributed by atoms with Gasteiger partial charge in [-0.1, -0.05) is 18.2 Å². The second-order valence-electron chi connectivity index (χ2n) is 4.77. The van der Waals surface area contributed by atoms with Gasteiger partial charge in [0.2, 0.25) is 0 Å². The van der Waals surface area contributed by atoms with E-state index in [0.717, 1.165) is 16.7 Å².